The van der Waals surface area contributed by atoms with E-state index in [0.29, 0.717) is 16.3 Å². The lowest BCUT2D eigenvalue weighted by molar-refractivity contribution is -0.116. The van der Waals surface area contributed by atoms with Crippen molar-refractivity contribution in [3.05, 3.63) is 28.8 Å². The van der Waals surface area contributed by atoms with Crippen LogP contribution in [-0.2, 0) is 4.79 Å². The van der Waals surface area contributed by atoms with Crippen molar-refractivity contribution in [2.45, 2.75) is 6.42 Å². The Hall–Kier alpha value is -1.59. The third kappa shape index (κ3) is 3.72. The molecule has 1 aromatic rings. The van der Waals surface area contributed by atoms with Crippen LogP contribution in [0.1, 0.15) is 16.8 Å². The van der Waals surface area contributed by atoms with Gasteiger partial charge in [0.2, 0.25) is 5.91 Å². The fourth-order valence-electron chi connectivity index (χ4n) is 1.36. The number of carbonyl (C=O) groups excluding carboxylic acids is 2. The van der Waals surface area contributed by atoms with Gasteiger partial charge < -0.3 is 16.0 Å². The highest BCUT2D eigenvalue weighted by molar-refractivity contribution is 6.34. The number of hydrogen-bond donors (Lipinski definition) is 2. The molecule has 0 radical (unpaired) electrons. The number of halogens is 1. The summed E-state index contributed by atoms with van der Waals surface area (Å²) in [7, 11) is 3.27. The second-order valence-corrected chi connectivity index (χ2v) is 4.39. The Morgan fingerprint density at radius 1 is 1.39 bits per heavy atom. The van der Waals surface area contributed by atoms with Crippen LogP contribution in [0, 0.1) is 0 Å². The number of carbonyl (C=O) groups is 2. The fraction of sp³-hybridized carbons (Fsp3) is 0.333. The summed E-state index contributed by atoms with van der Waals surface area (Å²) in [6.07, 6.45) is 0.236. The molecule has 0 aromatic heterocycles. The molecule has 0 unspecified atom stereocenters. The molecule has 0 heterocycles. The summed E-state index contributed by atoms with van der Waals surface area (Å²) >= 11 is 5.95. The molecule has 1 rings (SSSR count). The number of hydrogen-bond acceptors (Lipinski definition) is 3. The second-order valence-electron chi connectivity index (χ2n) is 3.98. The Morgan fingerprint density at radius 3 is 2.61 bits per heavy atom. The number of nitrogens with zero attached hydrogens (tertiary/aromatic N) is 1. The van der Waals surface area contributed by atoms with Crippen molar-refractivity contribution >= 4 is 29.1 Å². The highest BCUT2D eigenvalue weighted by atomic mass is 35.5. The van der Waals surface area contributed by atoms with Gasteiger partial charge in [-0.1, -0.05) is 11.6 Å². The third-order valence-electron chi connectivity index (χ3n) is 2.26. The monoisotopic (exact) mass is 269 g/mol. The first-order valence-corrected chi connectivity index (χ1v) is 5.84. The van der Waals surface area contributed by atoms with E-state index < -0.39 is 0 Å². The van der Waals surface area contributed by atoms with E-state index in [4.69, 9.17) is 17.3 Å². The van der Waals surface area contributed by atoms with Gasteiger partial charge >= 0.3 is 0 Å². The maximum Gasteiger partial charge on any atom is 0.254 e. The van der Waals surface area contributed by atoms with Gasteiger partial charge in [-0.15, -0.1) is 0 Å². The summed E-state index contributed by atoms with van der Waals surface area (Å²) < 4.78 is 0. The van der Waals surface area contributed by atoms with Crippen LogP contribution >= 0.6 is 11.6 Å². The largest absolute Gasteiger partial charge is 0.345 e. The van der Waals surface area contributed by atoms with Gasteiger partial charge in [0.15, 0.2) is 0 Å². The van der Waals surface area contributed by atoms with Crippen LogP contribution in [0.3, 0.4) is 0 Å². The van der Waals surface area contributed by atoms with Crippen molar-refractivity contribution in [1.82, 2.24) is 4.90 Å². The van der Waals surface area contributed by atoms with Crippen molar-refractivity contribution < 1.29 is 9.59 Å². The van der Waals surface area contributed by atoms with Gasteiger partial charge in [-0.05, 0) is 18.2 Å². The van der Waals surface area contributed by atoms with Gasteiger partial charge in [-0.2, -0.15) is 0 Å². The van der Waals surface area contributed by atoms with E-state index in [2.05, 4.69) is 5.32 Å². The topological polar surface area (TPSA) is 75.4 Å². The summed E-state index contributed by atoms with van der Waals surface area (Å²) in [4.78, 5) is 24.7. The van der Waals surface area contributed by atoms with Gasteiger partial charge in [0.05, 0.1) is 10.6 Å². The summed E-state index contributed by atoms with van der Waals surface area (Å²) in [6, 6.07) is 4.78. The predicted octanol–water partition coefficient (Wildman–Crippen LogP) is 1.33. The molecule has 18 heavy (non-hydrogen) atoms. The van der Waals surface area contributed by atoms with E-state index in [0.717, 1.165) is 0 Å². The summed E-state index contributed by atoms with van der Waals surface area (Å²) in [5.41, 5.74) is 6.17. The third-order valence-corrected chi connectivity index (χ3v) is 2.59. The number of nitrogens with one attached hydrogen (secondary N) is 1. The molecule has 0 aliphatic carbocycles. The molecule has 0 aliphatic heterocycles. The zero-order valence-corrected chi connectivity index (χ0v) is 11.1. The molecule has 1 aromatic carbocycles. The highest BCUT2D eigenvalue weighted by Crippen LogP contribution is 2.21. The molecular formula is C12H16ClN3O2. The second kappa shape index (κ2) is 6.37. The maximum absolute atomic E-state index is 11.8. The van der Waals surface area contributed by atoms with E-state index in [9.17, 15) is 9.59 Å². The first kappa shape index (κ1) is 14.5. The minimum atomic E-state index is -0.213. The molecule has 0 spiro atoms. The smallest absolute Gasteiger partial charge is 0.254 e. The molecule has 2 amide bonds. The Bertz CT molecular complexity index is 461. The molecule has 0 saturated heterocycles. The van der Waals surface area contributed by atoms with Crippen LogP contribution in [0.4, 0.5) is 5.69 Å². The number of amides is 2. The molecule has 0 bridgehead atoms. The van der Waals surface area contributed by atoms with Crippen molar-refractivity contribution in [3.63, 3.8) is 0 Å². The van der Waals surface area contributed by atoms with Crippen LogP contribution in [0.2, 0.25) is 5.02 Å². The Morgan fingerprint density at radius 2 is 2.06 bits per heavy atom. The van der Waals surface area contributed by atoms with Crippen molar-refractivity contribution in [2.24, 2.45) is 5.73 Å². The number of benzene rings is 1. The Kier molecular flexibility index (Phi) is 5.12. The lowest BCUT2D eigenvalue weighted by atomic mass is 10.1. The fourth-order valence-corrected chi connectivity index (χ4v) is 1.56. The van der Waals surface area contributed by atoms with E-state index in [-0.39, 0.29) is 24.8 Å². The average molecular weight is 270 g/mol. The van der Waals surface area contributed by atoms with Gasteiger partial charge in [0, 0.05) is 32.7 Å². The van der Waals surface area contributed by atoms with Crippen LogP contribution < -0.4 is 11.1 Å². The molecule has 3 N–H and O–H groups in total. The van der Waals surface area contributed by atoms with E-state index in [1.807, 2.05) is 0 Å². The number of anilines is 1. The quantitative estimate of drug-likeness (QED) is 0.866. The predicted molar refractivity (Wildman–Crippen MR) is 71.8 cm³/mol. The van der Waals surface area contributed by atoms with Crippen LogP contribution in [0.15, 0.2) is 18.2 Å². The normalized spacial score (nSPS) is 10.0. The van der Waals surface area contributed by atoms with E-state index in [1.54, 1.807) is 32.3 Å². The lowest BCUT2D eigenvalue weighted by Crippen LogP contribution is -2.22. The Labute approximate surface area is 111 Å². The zero-order valence-electron chi connectivity index (χ0n) is 10.4. The van der Waals surface area contributed by atoms with Gasteiger partial charge in [0.1, 0.15) is 0 Å². The van der Waals surface area contributed by atoms with Crippen molar-refractivity contribution in [2.75, 3.05) is 26.0 Å². The van der Waals surface area contributed by atoms with Gasteiger partial charge in [-0.25, -0.2) is 0 Å². The molecule has 0 saturated carbocycles. The van der Waals surface area contributed by atoms with Crippen molar-refractivity contribution in [3.8, 4) is 0 Å². The minimum absolute atomic E-state index is 0.192. The summed E-state index contributed by atoms with van der Waals surface area (Å²) in [6.45, 7) is 0.281. The van der Waals surface area contributed by atoms with Crippen LogP contribution in [-0.4, -0.2) is 37.4 Å². The van der Waals surface area contributed by atoms with Crippen LogP contribution in [0.25, 0.3) is 0 Å². The molecular weight excluding hydrogens is 254 g/mol. The number of rotatable bonds is 4. The van der Waals surface area contributed by atoms with Crippen LogP contribution in [0.5, 0.6) is 0 Å². The van der Waals surface area contributed by atoms with Gasteiger partial charge in [-0.3, -0.25) is 9.59 Å². The van der Waals surface area contributed by atoms with Gasteiger partial charge in [0.25, 0.3) is 5.91 Å². The highest BCUT2D eigenvalue weighted by Gasteiger charge is 2.13. The molecule has 98 valence electrons. The van der Waals surface area contributed by atoms with Crippen molar-refractivity contribution in [1.29, 1.82) is 0 Å². The molecule has 0 fully saturated rings. The zero-order chi connectivity index (χ0) is 13.7. The Balaban J connectivity index is 2.94. The molecule has 0 aliphatic rings. The first-order valence-electron chi connectivity index (χ1n) is 5.47. The molecule has 5 nitrogen and oxygen atoms in total. The summed E-state index contributed by atoms with van der Waals surface area (Å²) in [5.74, 6) is -0.405. The van der Waals surface area contributed by atoms with E-state index >= 15 is 0 Å². The first-order chi connectivity index (χ1) is 8.45. The van der Waals surface area contributed by atoms with E-state index in [1.165, 1.54) is 4.90 Å². The molecule has 0 atom stereocenters. The summed E-state index contributed by atoms with van der Waals surface area (Å²) in [5, 5.41) is 3.01. The maximum atomic E-state index is 11.8. The lowest BCUT2D eigenvalue weighted by Gasteiger charge is -2.13. The average Bonchev–Trinajstić information content (AvgIpc) is 2.31. The standard InChI is InChI=1S/C12H16ClN3O2/c1-16(2)12(18)9-7-8(3-4-10(9)13)15-11(17)5-6-14/h3-4,7H,5-6,14H2,1-2H3,(H,15,17). The minimum Gasteiger partial charge on any atom is -0.345 e. The number of nitrogens with two attached hydrogens (primary N) is 1. The SMILES string of the molecule is CN(C)C(=O)c1cc(NC(=O)CCN)ccc1Cl. The molecule has 6 heteroatoms.